The highest BCUT2D eigenvalue weighted by atomic mass is 35.5. The summed E-state index contributed by atoms with van der Waals surface area (Å²) in [5.41, 5.74) is 2.60. The third-order valence-electron chi connectivity index (χ3n) is 7.87. The molecule has 2 fully saturated rings. The summed E-state index contributed by atoms with van der Waals surface area (Å²) in [7, 11) is 0. The van der Waals surface area contributed by atoms with Crippen LogP contribution in [0.15, 0.2) is 36.4 Å². The molecule has 0 radical (unpaired) electrons. The van der Waals surface area contributed by atoms with Gasteiger partial charge in [-0.1, -0.05) is 44.5 Å². The van der Waals surface area contributed by atoms with E-state index in [2.05, 4.69) is 17.6 Å². The van der Waals surface area contributed by atoms with Crippen LogP contribution in [0.1, 0.15) is 80.3 Å². The highest BCUT2D eigenvalue weighted by Gasteiger charge is 2.64. The molecule has 186 valence electrons. The minimum absolute atomic E-state index is 0.0110. The van der Waals surface area contributed by atoms with Crippen LogP contribution < -0.4 is 10.6 Å². The van der Waals surface area contributed by atoms with E-state index in [4.69, 9.17) is 11.6 Å². The summed E-state index contributed by atoms with van der Waals surface area (Å²) < 4.78 is 13.7. The first-order chi connectivity index (χ1) is 16.7. The van der Waals surface area contributed by atoms with E-state index in [9.17, 15) is 18.8 Å². The Kier molecular flexibility index (Phi) is 7.32. The second-order valence-electron chi connectivity index (χ2n) is 9.99. The molecule has 4 rings (SSSR count). The summed E-state index contributed by atoms with van der Waals surface area (Å²) in [5, 5.41) is 6.12. The van der Waals surface area contributed by atoms with Crippen molar-refractivity contribution in [1.29, 1.82) is 0 Å². The summed E-state index contributed by atoms with van der Waals surface area (Å²) >= 11 is 6.00. The Morgan fingerprint density at radius 3 is 2.46 bits per heavy atom. The number of carbonyl (C=O) groups excluding carboxylic acids is 3. The monoisotopic (exact) mass is 498 g/mol. The number of Topliss-reactive ketones (excluding diaryl/α,β-unsaturated/α-hetero) is 1. The second-order valence-corrected chi connectivity index (χ2v) is 10.4. The minimum Gasteiger partial charge on any atom is -0.349 e. The molecule has 2 N–H and O–H groups in total. The van der Waals surface area contributed by atoms with Gasteiger partial charge in [0.1, 0.15) is 11.6 Å². The van der Waals surface area contributed by atoms with Crippen LogP contribution in [0.2, 0.25) is 5.02 Å². The Morgan fingerprint density at radius 1 is 1.11 bits per heavy atom. The first-order valence-corrected chi connectivity index (χ1v) is 12.8. The lowest BCUT2D eigenvalue weighted by Gasteiger charge is -2.23. The number of amides is 2. The molecule has 0 bridgehead atoms. The molecule has 7 heteroatoms. The number of anilines is 1. The molecule has 35 heavy (non-hydrogen) atoms. The molecule has 5 nitrogen and oxygen atoms in total. The van der Waals surface area contributed by atoms with Crippen LogP contribution >= 0.6 is 11.6 Å². The van der Waals surface area contributed by atoms with Crippen molar-refractivity contribution in [2.24, 2.45) is 11.3 Å². The van der Waals surface area contributed by atoms with Crippen LogP contribution in [0.3, 0.4) is 0 Å². The van der Waals surface area contributed by atoms with Gasteiger partial charge in [0.25, 0.3) is 5.91 Å². The van der Waals surface area contributed by atoms with Crippen LogP contribution in [0, 0.1) is 17.2 Å². The van der Waals surface area contributed by atoms with E-state index >= 15 is 0 Å². The maximum absolute atomic E-state index is 13.7. The lowest BCUT2D eigenvalue weighted by molar-refractivity contribution is -0.120. The second kappa shape index (κ2) is 10.1. The van der Waals surface area contributed by atoms with Gasteiger partial charge in [0.15, 0.2) is 0 Å². The summed E-state index contributed by atoms with van der Waals surface area (Å²) in [4.78, 5) is 37.9. The average Bonchev–Trinajstić information content (AvgIpc) is 3.48. The van der Waals surface area contributed by atoms with Crippen molar-refractivity contribution in [2.75, 3.05) is 5.32 Å². The zero-order valence-electron chi connectivity index (χ0n) is 20.4. The molecule has 2 aliphatic rings. The van der Waals surface area contributed by atoms with Crippen molar-refractivity contribution in [3.05, 3.63) is 63.9 Å². The molecule has 3 atom stereocenters. The van der Waals surface area contributed by atoms with Crippen molar-refractivity contribution in [3.8, 4) is 0 Å². The fourth-order valence-corrected chi connectivity index (χ4v) is 5.66. The highest BCUT2D eigenvalue weighted by molar-refractivity contribution is 6.30. The van der Waals surface area contributed by atoms with Gasteiger partial charge in [-0.15, -0.1) is 0 Å². The van der Waals surface area contributed by atoms with Crippen molar-refractivity contribution < 1.29 is 18.8 Å². The summed E-state index contributed by atoms with van der Waals surface area (Å²) in [5.74, 6) is -0.872. The number of aryl methyl sites for hydroxylation is 1. The molecule has 0 aromatic heterocycles. The molecule has 2 amide bonds. The van der Waals surface area contributed by atoms with Gasteiger partial charge in [0, 0.05) is 36.1 Å². The van der Waals surface area contributed by atoms with Gasteiger partial charge in [0.05, 0.1) is 10.9 Å². The summed E-state index contributed by atoms with van der Waals surface area (Å²) in [6.07, 6.45) is 3.80. The molecule has 2 aromatic rings. The number of carbonyl (C=O) groups is 3. The number of rotatable bonds is 7. The predicted octanol–water partition coefficient (Wildman–Crippen LogP) is 6.05. The van der Waals surface area contributed by atoms with Crippen LogP contribution in [0.4, 0.5) is 10.1 Å². The fourth-order valence-electron chi connectivity index (χ4n) is 5.48. The molecular weight excluding hydrogens is 467 g/mol. The lowest BCUT2D eigenvalue weighted by Crippen LogP contribution is -2.38. The van der Waals surface area contributed by atoms with Crippen LogP contribution in [-0.2, 0) is 16.0 Å². The number of benzene rings is 2. The zero-order chi connectivity index (χ0) is 25.3. The number of hydrogen-bond acceptors (Lipinski definition) is 3. The Hall–Kier alpha value is -2.73. The molecule has 0 saturated heterocycles. The van der Waals surface area contributed by atoms with E-state index in [0.717, 1.165) is 17.5 Å². The van der Waals surface area contributed by atoms with Gasteiger partial charge >= 0.3 is 0 Å². The molecule has 2 aromatic carbocycles. The van der Waals surface area contributed by atoms with E-state index in [1.807, 2.05) is 26.0 Å². The van der Waals surface area contributed by atoms with E-state index in [-0.39, 0.29) is 45.9 Å². The standard InChI is InChI=1S/C28H32ClFN2O3/c1-4-16-6-8-19(15-21(16)26(34)31-18-9-11-20(33)12-10-18)32-27(35)25-24(28(25,3)5-2)17-7-13-23(30)22(29)14-17/h6-8,13-15,18,24-25H,4-5,9-12H2,1-3H3,(H,31,34)(H,32,35). The van der Waals surface area contributed by atoms with Gasteiger partial charge < -0.3 is 10.6 Å². The Labute approximate surface area is 210 Å². The normalized spacial score (nSPS) is 24.2. The number of ketones is 1. The van der Waals surface area contributed by atoms with Crippen LogP contribution in [0.25, 0.3) is 0 Å². The van der Waals surface area contributed by atoms with Gasteiger partial charge in [-0.25, -0.2) is 4.39 Å². The first kappa shape index (κ1) is 25.4. The molecule has 0 heterocycles. The third-order valence-corrected chi connectivity index (χ3v) is 8.16. The molecular formula is C28H32ClFN2O3. The van der Waals surface area contributed by atoms with E-state index in [1.165, 1.54) is 6.07 Å². The third kappa shape index (κ3) is 5.13. The Bertz CT molecular complexity index is 1160. The highest BCUT2D eigenvalue weighted by Crippen LogP contribution is 2.67. The average molecular weight is 499 g/mol. The quantitative estimate of drug-likeness (QED) is 0.487. The zero-order valence-corrected chi connectivity index (χ0v) is 21.2. The molecule has 2 aliphatic carbocycles. The van der Waals surface area contributed by atoms with E-state index < -0.39 is 5.82 Å². The largest absolute Gasteiger partial charge is 0.349 e. The van der Waals surface area contributed by atoms with Gasteiger partial charge in [-0.3, -0.25) is 14.4 Å². The number of halogens is 2. The number of hydrogen-bond donors (Lipinski definition) is 2. The Balaban J connectivity index is 1.50. The van der Waals surface area contributed by atoms with Crippen LogP contribution in [-0.4, -0.2) is 23.6 Å². The van der Waals surface area contributed by atoms with Gasteiger partial charge in [-0.2, -0.15) is 0 Å². The summed E-state index contributed by atoms with van der Waals surface area (Å²) in [6.45, 7) is 6.09. The Morgan fingerprint density at radius 2 is 1.83 bits per heavy atom. The topological polar surface area (TPSA) is 75.3 Å². The number of nitrogens with one attached hydrogen (secondary N) is 2. The maximum atomic E-state index is 13.7. The first-order valence-electron chi connectivity index (χ1n) is 12.4. The molecule has 0 spiro atoms. The smallest absolute Gasteiger partial charge is 0.251 e. The summed E-state index contributed by atoms with van der Waals surface area (Å²) in [6, 6.07) is 10.1. The van der Waals surface area contributed by atoms with Gasteiger partial charge in [0.2, 0.25) is 5.91 Å². The molecule has 0 aliphatic heterocycles. The van der Waals surface area contributed by atoms with E-state index in [0.29, 0.717) is 43.4 Å². The van der Waals surface area contributed by atoms with Crippen molar-refractivity contribution in [2.45, 2.75) is 71.3 Å². The lowest BCUT2D eigenvalue weighted by atomic mass is 9.94. The molecule has 3 unspecified atom stereocenters. The predicted molar refractivity (Wildman–Crippen MR) is 135 cm³/mol. The molecule has 2 saturated carbocycles. The minimum atomic E-state index is -0.475. The van der Waals surface area contributed by atoms with Crippen molar-refractivity contribution >= 4 is 34.9 Å². The van der Waals surface area contributed by atoms with Crippen LogP contribution in [0.5, 0.6) is 0 Å². The maximum Gasteiger partial charge on any atom is 0.251 e. The van der Waals surface area contributed by atoms with E-state index in [1.54, 1.807) is 18.2 Å². The van der Waals surface area contributed by atoms with Crippen molar-refractivity contribution in [1.82, 2.24) is 5.32 Å². The van der Waals surface area contributed by atoms with Crippen molar-refractivity contribution in [3.63, 3.8) is 0 Å². The SMILES string of the molecule is CCc1ccc(NC(=O)C2C(c3ccc(F)c(Cl)c3)C2(C)CC)cc1C(=O)NC1CCC(=O)CC1. The van der Waals surface area contributed by atoms with Gasteiger partial charge in [-0.05, 0) is 66.5 Å². The fraction of sp³-hybridized carbons (Fsp3) is 0.464.